The minimum absolute atomic E-state index is 0.184. The lowest BCUT2D eigenvalue weighted by Crippen LogP contribution is -2.54. The van der Waals surface area contributed by atoms with Gasteiger partial charge in [-0.3, -0.25) is 14.9 Å². The lowest BCUT2D eigenvalue weighted by Gasteiger charge is -2.26. The molecule has 1 aliphatic rings. The fourth-order valence-electron chi connectivity index (χ4n) is 3.75. The molecule has 0 spiro atoms. The second kappa shape index (κ2) is 12.4. The molecule has 38 heavy (non-hydrogen) atoms. The van der Waals surface area contributed by atoms with Gasteiger partial charge in [-0.2, -0.15) is 0 Å². The maximum absolute atomic E-state index is 13.2. The van der Waals surface area contributed by atoms with E-state index in [1.54, 1.807) is 42.5 Å². The first-order valence-electron chi connectivity index (χ1n) is 12.1. The molecule has 0 bridgehead atoms. The Bertz CT molecular complexity index is 1370. The van der Waals surface area contributed by atoms with Gasteiger partial charge >= 0.3 is 6.03 Å². The highest BCUT2D eigenvalue weighted by atomic mass is 79.9. The molecule has 4 amide bonds. The minimum Gasteiger partial charge on any atom is -0.494 e. The molecular formula is C29H27BrN2O6. The third-order valence-corrected chi connectivity index (χ3v) is 6.58. The van der Waals surface area contributed by atoms with Crippen molar-refractivity contribution in [2.24, 2.45) is 0 Å². The number of anilines is 1. The number of hydrogen-bond acceptors (Lipinski definition) is 6. The number of rotatable bonds is 10. The molecule has 1 saturated heterocycles. The molecule has 9 heteroatoms. The van der Waals surface area contributed by atoms with Gasteiger partial charge in [0.2, 0.25) is 0 Å². The Hall–Kier alpha value is -4.11. The standard InChI is InChI=1S/C29H27BrN2O6/c1-3-4-15-37-22-12-10-21(11-13-22)32-28(34)23(27(33)31-29(32)35)16-19-9-14-25(26(17-19)36-2)38-18-20-7-5-6-8-24(20)30/h5-14,16-17H,3-4,15,18H2,1-2H3,(H,31,33,35)/b23-16-. The molecular weight excluding hydrogens is 552 g/mol. The van der Waals surface area contributed by atoms with Gasteiger partial charge in [-0.25, -0.2) is 9.69 Å². The monoisotopic (exact) mass is 578 g/mol. The maximum Gasteiger partial charge on any atom is 0.335 e. The smallest absolute Gasteiger partial charge is 0.335 e. The third-order valence-electron chi connectivity index (χ3n) is 5.80. The number of carbonyl (C=O) groups is 3. The van der Waals surface area contributed by atoms with Crippen molar-refractivity contribution in [3.05, 3.63) is 87.9 Å². The van der Waals surface area contributed by atoms with Gasteiger partial charge in [-0.1, -0.05) is 53.5 Å². The third kappa shape index (κ3) is 6.23. The van der Waals surface area contributed by atoms with E-state index in [0.29, 0.717) is 41.7 Å². The topological polar surface area (TPSA) is 94.2 Å². The molecule has 1 heterocycles. The van der Waals surface area contributed by atoms with Crippen LogP contribution in [0.2, 0.25) is 0 Å². The van der Waals surface area contributed by atoms with Gasteiger partial charge in [-0.05, 0) is 60.5 Å². The Morgan fingerprint density at radius 1 is 0.947 bits per heavy atom. The Morgan fingerprint density at radius 3 is 2.42 bits per heavy atom. The number of halogens is 1. The van der Waals surface area contributed by atoms with E-state index in [2.05, 4.69) is 28.2 Å². The molecule has 196 valence electrons. The summed E-state index contributed by atoms with van der Waals surface area (Å²) < 4.78 is 18.0. The number of carbonyl (C=O) groups excluding carboxylic acids is 3. The van der Waals surface area contributed by atoms with Crippen molar-refractivity contribution < 1.29 is 28.6 Å². The van der Waals surface area contributed by atoms with Crippen LogP contribution >= 0.6 is 15.9 Å². The largest absolute Gasteiger partial charge is 0.494 e. The summed E-state index contributed by atoms with van der Waals surface area (Å²) in [6.45, 7) is 2.97. The van der Waals surface area contributed by atoms with E-state index in [4.69, 9.17) is 14.2 Å². The summed E-state index contributed by atoms with van der Waals surface area (Å²) in [4.78, 5) is 39.3. The average Bonchev–Trinajstić information content (AvgIpc) is 2.92. The molecule has 1 fully saturated rings. The van der Waals surface area contributed by atoms with Gasteiger partial charge in [0.25, 0.3) is 11.8 Å². The summed E-state index contributed by atoms with van der Waals surface area (Å²) in [6.07, 6.45) is 3.35. The normalized spacial score (nSPS) is 14.4. The molecule has 1 aliphatic heterocycles. The van der Waals surface area contributed by atoms with Crippen LogP contribution in [-0.2, 0) is 16.2 Å². The molecule has 8 nitrogen and oxygen atoms in total. The van der Waals surface area contributed by atoms with Gasteiger partial charge in [0.15, 0.2) is 11.5 Å². The molecule has 0 unspecified atom stereocenters. The maximum atomic E-state index is 13.2. The molecule has 0 aliphatic carbocycles. The van der Waals surface area contributed by atoms with Crippen LogP contribution in [0.1, 0.15) is 30.9 Å². The Morgan fingerprint density at radius 2 is 1.71 bits per heavy atom. The molecule has 3 aromatic carbocycles. The van der Waals surface area contributed by atoms with E-state index in [1.165, 1.54) is 13.2 Å². The van der Waals surface area contributed by atoms with E-state index < -0.39 is 17.8 Å². The summed E-state index contributed by atoms with van der Waals surface area (Å²) in [7, 11) is 1.51. The Balaban J connectivity index is 1.54. The van der Waals surface area contributed by atoms with Gasteiger partial charge in [0, 0.05) is 10.0 Å². The summed E-state index contributed by atoms with van der Waals surface area (Å²) in [6, 6.07) is 18.5. The van der Waals surface area contributed by atoms with Crippen LogP contribution < -0.4 is 24.4 Å². The van der Waals surface area contributed by atoms with Crippen LogP contribution in [0.4, 0.5) is 10.5 Å². The van der Waals surface area contributed by atoms with Crippen LogP contribution in [-0.4, -0.2) is 31.6 Å². The first-order chi connectivity index (χ1) is 18.4. The Labute approximate surface area is 229 Å². The van der Waals surface area contributed by atoms with Crippen molar-refractivity contribution in [1.29, 1.82) is 0 Å². The number of hydrogen-bond donors (Lipinski definition) is 1. The predicted octanol–water partition coefficient (Wildman–Crippen LogP) is 5.88. The van der Waals surface area contributed by atoms with Crippen molar-refractivity contribution in [3.63, 3.8) is 0 Å². The lowest BCUT2D eigenvalue weighted by atomic mass is 10.1. The SMILES string of the molecule is CCCCOc1ccc(N2C(=O)NC(=O)/C(=C/c3ccc(OCc4ccccc4Br)c(OC)c3)C2=O)cc1. The van der Waals surface area contributed by atoms with E-state index in [1.807, 2.05) is 24.3 Å². The summed E-state index contributed by atoms with van der Waals surface area (Å²) in [5, 5.41) is 2.24. The fourth-order valence-corrected chi connectivity index (χ4v) is 4.15. The number of ether oxygens (including phenoxy) is 3. The van der Waals surface area contributed by atoms with Crippen LogP contribution in [0.3, 0.4) is 0 Å². The van der Waals surface area contributed by atoms with E-state index >= 15 is 0 Å². The number of urea groups is 1. The highest BCUT2D eigenvalue weighted by Crippen LogP contribution is 2.31. The Kier molecular flexibility index (Phi) is 8.81. The molecule has 0 radical (unpaired) electrons. The first kappa shape index (κ1) is 26.9. The van der Waals surface area contributed by atoms with Crippen molar-refractivity contribution in [3.8, 4) is 17.2 Å². The van der Waals surface area contributed by atoms with Gasteiger partial charge in [0.05, 0.1) is 19.4 Å². The van der Waals surface area contributed by atoms with Crippen molar-refractivity contribution in [2.75, 3.05) is 18.6 Å². The fraction of sp³-hybridized carbons (Fsp3) is 0.207. The number of methoxy groups -OCH3 is 1. The first-order valence-corrected chi connectivity index (χ1v) is 12.9. The number of nitrogens with one attached hydrogen (secondary N) is 1. The van der Waals surface area contributed by atoms with Gasteiger partial charge < -0.3 is 14.2 Å². The molecule has 3 aromatic rings. The lowest BCUT2D eigenvalue weighted by molar-refractivity contribution is -0.122. The quantitative estimate of drug-likeness (QED) is 0.183. The second-order valence-corrected chi connectivity index (χ2v) is 9.30. The summed E-state index contributed by atoms with van der Waals surface area (Å²) in [5.74, 6) is 0.0630. The zero-order valence-corrected chi connectivity index (χ0v) is 22.6. The van der Waals surface area contributed by atoms with Crippen molar-refractivity contribution in [2.45, 2.75) is 26.4 Å². The highest BCUT2D eigenvalue weighted by molar-refractivity contribution is 9.10. The van der Waals surface area contributed by atoms with Gasteiger partial charge in [0.1, 0.15) is 17.9 Å². The molecule has 0 atom stereocenters. The van der Waals surface area contributed by atoms with E-state index in [-0.39, 0.29) is 5.57 Å². The summed E-state index contributed by atoms with van der Waals surface area (Å²) >= 11 is 3.50. The molecule has 0 aromatic heterocycles. The highest BCUT2D eigenvalue weighted by Gasteiger charge is 2.36. The number of benzene rings is 3. The zero-order valence-electron chi connectivity index (χ0n) is 21.0. The van der Waals surface area contributed by atoms with Crippen LogP contribution in [0.5, 0.6) is 17.2 Å². The van der Waals surface area contributed by atoms with Crippen LogP contribution in [0, 0.1) is 0 Å². The number of amides is 4. The second-order valence-electron chi connectivity index (χ2n) is 8.44. The van der Waals surface area contributed by atoms with Gasteiger partial charge in [-0.15, -0.1) is 0 Å². The number of barbiturate groups is 1. The number of unbranched alkanes of at least 4 members (excludes halogenated alkanes) is 1. The van der Waals surface area contributed by atoms with Crippen LogP contribution in [0.15, 0.2) is 76.8 Å². The number of nitrogens with zero attached hydrogens (tertiary/aromatic N) is 1. The molecule has 1 N–H and O–H groups in total. The van der Waals surface area contributed by atoms with E-state index in [9.17, 15) is 14.4 Å². The molecule has 0 saturated carbocycles. The van der Waals surface area contributed by atoms with E-state index in [0.717, 1.165) is 27.8 Å². The van der Waals surface area contributed by atoms with Crippen molar-refractivity contribution >= 4 is 45.5 Å². The van der Waals surface area contributed by atoms with Crippen molar-refractivity contribution in [1.82, 2.24) is 5.32 Å². The summed E-state index contributed by atoms with van der Waals surface area (Å²) in [5.41, 5.74) is 1.64. The molecule has 4 rings (SSSR count). The van der Waals surface area contributed by atoms with Crippen LogP contribution in [0.25, 0.3) is 6.08 Å². The number of imide groups is 2. The average molecular weight is 579 g/mol. The minimum atomic E-state index is -0.815. The predicted molar refractivity (Wildman–Crippen MR) is 147 cm³/mol. The zero-order chi connectivity index (χ0) is 27.1.